The quantitative estimate of drug-likeness (QED) is 0.348. The van der Waals surface area contributed by atoms with Gasteiger partial charge in [0.05, 0.1) is 24.5 Å². The third-order valence-corrected chi connectivity index (χ3v) is 8.17. The van der Waals surface area contributed by atoms with Crippen LogP contribution < -0.4 is 9.64 Å². The number of amides is 2. The molecule has 204 valence electrons. The Balaban J connectivity index is 1.53. The number of anilines is 1. The number of ketones is 1. The van der Waals surface area contributed by atoms with Gasteiger partial charge in [-0.2, -0.15) is 0 Å². The molecule has 0 aromatic heterocycles. The van der Waals surface area contributed by atoms with Gasteiger partial charge in [0, 0.05) is 50.3 Å². The summed E-state index contributed by atoms with van der Waals surface area (Å²) in [5, 5.41) is 11.8. The molecule has 0 saturated carbocycles. The highest BCUT2D eigenvalue weighted by Crippen LogP contribution is 2.53. The van der Waals surface area contributed by atoms with Gasteiger partial charge in [-0.3, -0.25) is 19.3 Å². The summed E-state index contributed by atoms with van der Waals surface area (Å²) in [5.41, 5.74) is 0.592. The van der Waals surface area contributed by atoms with E-state index in [0.717, 1.165) is 11.3 Å². The molecule has 4 aliphatic heterocycles. The predicted octanol–water partition coefficient (Wildman–Crippen LogP) is 2.67. The average Bonchev–Trinajstić information content (AvgIpc) is 3.51. The first-order chi connectivity index (χ1) is 18.9. The number of para-hydroxylation sites is 1. The minimum atomic E-state index is -1.74. The first-order valence-corrected chi connectivity index (χ1v) is 13.7. The molecule has 9 nitrogen and oxygen atoms in total. The molecule has 2 unspecified atom stereocenters. The van der Waals surface area contributed by atoms with Crippen molar-refractivity contribution in [2.24, 2.45) is 0 Å². The number of carbonyl (C=O) groups excluding carboxylic acids is 3. The van der Waals surface area contributed by atoms with Crippen molar-refractivity contribution in [3.63, 3.8) is 0 Å². The molecule has 6 rings (SSSR count). The summed E-state index contributed by atoms with van der Waals surface area (Å²) in [6, 6.07) is 12.5. The first-order valence-electron chi connectivity index (χ1n) is 13.7. The van der Waals surface area contributed by atoms with Crippen LogP contribution in [0.4, 0.5) is 5.69 Å². The van der Waals surface area contributed by atoms with Crippen molar-refractivity contribution in [1.29, 1.82) is 0 Å². The van der Waals surface area contributed by atoms with Gasteiger partial charge < -0.3 is 24.4 Å². The highest BCUT2D eigenvalue weighted by molar-refractivity contribution is 6.50. The largest absolute Gasteiger partial charge is 0.507 e. The molecular formula is C30H33N3O6. The molecule has 2 amide bonds. The maximum atomic E-state index is 14.5. The number of fused-ring (bicyclic) bond motifs is 3. The Labute approximate surface area is 227 Å². The van der Waals surface area contributed by atoms with Crippen LogP contribution in [0.1, 0.15) is 37.0 Å². The molecule has 4 aliphatic rings. The van der Waals surface area contributed by atoms with Gasteiger partial charge in [-0.1, -0.05) is 25.1 Å². The van der Waals surface area contributed by atoms with E-state index >= 15 is 0 Å². The standard InChI is InChI=1S/C30H33N3O6/c1-3-10-32-23-7-5-4-6-22(23)30(29(32)37)25(26(34)20-8-9-24-21(18-20)17-19(2)39-24)27(35)28(36)33(30)12-11-31-13-15-38-16-14-31/h4-9,18-19,34H,3,10-17H2,1-2H3/b26-25+. The van der Waals surface area contributed by atoms with Gasteiger partial charge in [-0.05, 0) is 43.2 Å². The number of hydrogen-bond donors (Lipinski definition) is 1. The Morgan fingerprint density at radius 2 is 1.82 bits per heavy atom. The van der Waals surface area contributed by atoms with Gasteiger partial charge in [0.2, 0.25) is 0 Å². The van der Waals surface area contributed by atoms with Gasteiger partial charge in [-0.15, -0.1) is 0 Å². The molecule has 0 bridgehead atoms. The fourth-order valence-corrected chi connectivity index (χ4v) is 6.39. The summed E-state index contributed by atoms with van der Waals surface area (Å²) < 4.78 is 11.3. The van der Waals surface area contributed by atoms with E-state index in [1.165, 1.54) is 4.90 Å². The topological polar surface area (TPSA) is 99.6 Å². The summed E-state index contributed by atoms with van der Waals surface area (Å²) in [5.74, 6) is -1.61. The second kappa shape index (κ2) is 9.81. The molecule has 39 heavy (non-hydrogen) atoms. The van der Waals surface area contributed by atoms with Crippen LogP contribution in [-0.2, 0) is 31.1 Å². The molecule has 4 heterocycles. The number of aliphatic hydroxyl groups excluding tert-OH is 1. The van der Waals surface area contributed by atoms with Gasteiger partial charge in [-0.25, -0.2) is 0 Å². The third kappa shape index (κ3) is 3.86. The second-order valence-electron chi connectivity index (χ2n) is 10.6. The predicted molar refractivity (Wildman–Crippen MR) is 145 cm³/mol. The van der Waals surface area contributed by atoms with Crippen molar-refractivity contribution in [3.8, 4) is 5.75 Å². The summed E-state index contributed by atoms with van der Waals surface area (Å²) in [6.45, 7) is 7.62. The Kier molecular flexibility index (Phi) is 6.43. The van der Waals surface area contributed by atoms with Crippen molar-refractivity contribution >= 4 is 29.0 Å². The molecular weight excluding hydrogens is 498 g/mol. The van der Waals surface area contributed by atoms with Gasteiger partial charge in [0.15, 0.2) is 5.54 Å². The minimum absolute atomic E-state index is 0.00708. The number of Topliss-reactive ketones (excluding diaryl/α,β-unsaturated/α-hetero) is 1. The van der Waals surface area contributed by atoms with Crippen LogP contribution in [-0.4, -0.2) is 84.5 Å². The highest BCUT2D eigenvalue weighted by Gasteiger charge is 2.67. The molecule has 0 radical (unpaired) electrons. The number of morpholine rings is 1. The number of aliphatic hydroxyl groups is 1. The van der Waals surface area contributed by atoms with Crippen molar-refractivity contribution in [1.82, 2.24) is 9.80 Å². The molecule has 2 fully saturated rings. The van der Waals surface area contributed by atoms with Crippen LogP contribution in [0, 0.1) is 0 Å². The zero-order valence-corrected chi connectivity index (χ0v) is 22.3. The van der Waals surface area contributed by atoms with E-state index in [-0.39, 0.29) is 29.9 Å². The van der Waals surface area contributed by atoms with Crippen molar-refractivity contribution in [2.45, 2.75) is 38.3 Å². The van der Waals surface area contributed by atoms with Gasteiger partial charge in [0.25, 0.3) is 17.6 Å². The second-order valence-corrected chi connectivity index (χ2v) is 10.6. The maximum Gasteiger partial charge on any atom is 0.296 e. The van der Waals surface area contributed by atoms with Gasteiger partial charge >= 0.3 is 0 Å². The molecule has 0 aliphatic carbocycles. The fraction of sp³-hybridized carbons (Fsp3) is 0.433. The summed E-state index contributed by atoms with van der Waals surface area (Å²) in [4.78, 5) is 47.2. The van der Waals surface area contributed by atoms with E-state index in [2.05, 4.69) is 4.90 Å². The van der Waals surface area contributed by atoms with Crippen LogP contribution in [0.3, 0.4) is 0 Å². The number of benzene rings is 2. The number of rotatable bonds is 6. The lowest BCUT2D eigenvalue weighted by molar-refractivity contribution is -0.144. The van der Waals surface area contributed by atoms with Crippen LogP contribution in [0.25, 0.3) is 5.76 Å². The number of carbonyl (C=O) groups is 3. The molecule has 2 aromatic carbocycles. The molecule has 2 aromatic rings. The lowest BCUT2D eigenvalue weighted by Crippen LogP contribution is -2.54. The van der Waals surface area contributed by atoms with Crippen molar-refractivity contribution in [2.75, 3.05) is 50.8 Å². The minimum Gasteiger partial charge on any atom is -0.507 e. The summed E-state index contributed by atoms with van der Waals surface area (Å²) in [7, 11) is 0. The molecule has 1 spiro atoms. The van der Waals surface area contributed by atoms with Crippen molar-refractivity contribution in [3.05, 3.63) is 64.7 Å². The summed E-state index contributed by atoms with van der Waals surface area (Å²) in [6.07, 6.45) is 1.37. The fourth-order valence-electron chi connectivity index (χ4n) is 6.39. The first kappa shape index (κ1) is 25.6. The zero-order chi connectivity index (χ0) is 27.3. The lowest BCUT2D eigenvalue weighted by Gasteiger charge is -2.36. The lowest BCUT2D eigenvalue weighted by atomic mass is 9.81. The number of ether oxygens (including phenoxy) is 2. The van der Waals surface area contributed by atoms with E-state index in [0.29, 0.717) is 69.0 Å². The van der Waals surface area contributed by atoms with Crippen molar-refractivity contribution < 1.29 is 29.0 Å². The number of likely N-dealkylation sites (tertiary alicyclic amines) is 1. The van der Waals surface area contributed by atoms with E-state index in [4.69, 9.17) is 9.47 Å². The molecule has 9 heteroatoms. The Hall–Kier alpha value is -3.69. The van der Waals surface area contributed by atoms with Gasteiger partial charge in [0.1, 0.15) is 17.6 Å². The monoisotopic (exact) mass is 531 g/mol. The number of hydrogen-bond acceptors (Lipinski definition) is 7. The van der Waals surface area contributed by atoms with E-state index < -0.39 is 17.2 Å². The van der Waals surface area contributed by atoms with Crippen LogP contribution in [0.15, 0.2) is 48.0 Å². The third-order valence-electron chi connectivity index (χ3n) is 8.17. The number of nitrogens with zero attached hydrogens (tertiary/aromatic N) is 3. The van der Waals surface area contributed by atoms with Crippen LogP contribution >= 0.6 is 0 Å². The van der Waals surface area contributed by atoms with E-state index in [1.54, 1.807) is 35.2 Å². The smallest absolute Gasteiger partial charge is 0.296 e. The van der Waals surface area contributed by atoms with E-state index in [1.807, 2.05) is 26.0 Å². The summed E-state index contributed by atoms with van der Waals surface area (Å²) >= 11 is 0. The Morgan fingerprint density at radius 3 is 2.59 bits per heavy atom. The maximum absolute atomic E-state index is 14.5. The molecule has 1 N–H and O–H groups in total. The van der Waals surface area contributed by atoms with E-state index in [9.17, 15) is 19.5 Å². The zero-order valence-electron chi connectivity index (χ0n) is 22.3. The average molecular weight is 532 g/mol. The molecule has 2 saturated heterocycles. The normalized spacial score (nSPS) is 25.9. The molecule has 2 atom stereocenters. The SMILES string of the molecule is CCCN1C(=O)C2(/C(=C(/O)c3ccc4c(c3)CC(C)O4)C(=O)C(=O)N2CCN2CCOCC2)c2ccccc21. The Bertz CT molecular complexity index is 1380. The Morgan fingerprint density at radius 1 is 1.05 bits per heavy atom. The van der Waals surface area contributed by atoms with Crippen LogP contribution in [0.2, 0.25) is 0 Å². The highest BCUT2D eigenvalue weighted by atomic mass is 16.5. The van der Waals surface area contributed by atoms with Crippen LogP contribution in [0.5, 0.6) is 5.75 Å².